The van der Waals surface area contributed by atoms with Gasteiger partial charge in [0.05, 0.1) is 18.4 Å². The van der Waals surface area contributed by atoms with Gasteiger partial charge < -0.3 is 10.1 Å². The largest absolute Gasteiger partial charge is 0.465 e. The highest BCUT2D eigenvalue weighted by Crippen LogP contribution is 2.38. The van der Waals surface area contributed by atoms with Gasteiger partial charge in [0.1, 0.15) is 0 Å². The van der Waals surface area contributed by atoms with E-state index in [0.29, 0.717) is 17.2 Å². The van der Waals surface area contributed by atoms with Crippen LogP contribution in [0.25, 0.3) is 0 Å². The molecule has 1 heterocycles. The minimum atomic E-state index is -0.454. The lowest BCUT2D eigenvalue weighted by molar-refractivity contribution is 0.0600. The van der Waals surface area contributed by atoms with Gasteiger partial charge >= 0.3 is 5.97 Å². The second-order valence-corrected chi connectivity index (χ2v) is 5.14. The lowest BCUT2D eigenvalue weighted by Crippen LogP contribution is -2.15. The lowest BCUT2D eigenvalue weighted by Gasteiger charge is -2.06. The van der Waals surface area contributed by atoms with Crippen LogP contribution in [0.3, 0.4) is 0 Å². The average molecular weight is 297 g/mol. The predicted molar refractivity (Wildman–Crippen MR) is 79.7 cm³/mol. The highest BCUT2D eigenvalue weighted by atomic mass is 16.5. The van der Waals surface area contributed by atoms with Gasteiger partial charge in [-0.15, -0.1) is 5.10 Å². The molecular weight excluding hydrogens is 282 g/mol. The highest BCUT2D eigenvalue weighted by molar-refractivity contribution is 6.03. The van der Waals surface area contributed by atoms with Crippen LogP contribution in [0.1, 0.15) is 45.3 Å². The number of anilines is 1. The van der Waals surface area contributed by atoms with Gasteiger partial charge in [-0.25, -0.2) is 4.79 Å². The van der Waals surface area contributed by atoms with Gasteiger partial charge in [0.25, 0.3) is 5.91 Å². The average Bonchev–Trinajstić information content (AvgIpc) is 3.39. The molecule has 6 nitrogen and oxygen atoms in total. The summed E-state index contributed by atoms with van der Waals surface area (Å²) in [5, 5.41) is 10.7. The van der Waals surface area contributed by atoms with Gasteiger partial charge in [-0.2, -0.15) is 5.10 Å². The summed E-state index contributed by atoms with van der Waals surface area (Å²) in [5.41, 5.74) is 2.05. The molecule has 1 N–H and O–H groups in total. The molecule has 2 aromatic rings. The number of carbonyl (C=O) groups is 2. The van der Waals surface area contributed by atoms with Crippen molar-refractivity contribution in [2.45, 2.75) is 18.8 Å². The van der Waals surface area contributed by atoms with E-state index in [1.807, 2.05) is 6.07 Å². The van der Waals surface area contributed by atoms with E-state index >= 15 is 0 Å². The Hall–Kier alpha value is -2.76. The Labute approximate surface area is 127 Å². The number of nitrogens with zero attached hydrogens (tertiary/aromatic N) is 2. The molecule has 1 aromatic carbocycles. The van der Waals surface area contributed by atoms with Gasteiger partial charge in [0.2, 0.25) is 0 Å². The number of rotatable bonds is 4. The van der Waals surface area contributed by atoms with Gasteiger partial charge in [-0.1, -0.05) is 6.07 Å². The van der Waals surface area contributed by atoms with E-state index in [2.05, 4.69) is 20.3 Å². The van der Waals surface area contributed by atoms with Crippen molar-refractivity contribution in [3.63, 3.8) is 0 Å². The molecule has 0 bridgehead atoms. The van der Waals surface area contributed by atoms with Gasteiger partial charge in [0.15, 0.2) is 5.69 Å². The molecule has 1 fully saturated rings. The second kappa shape index (κ2) is 5.93. The number of esters is 1. The molecule has 0 saturated heterocycles. The van der Waals surface area contributed by atoms with Crippen molar-refractivity contribution in [3.8, 4) is 0 Å². The monoisotopic (exact) mass is 297 g/mol. The number of nitrogens with one attached hydrogen (secondary N) is 1. The van der Waals surface area contributed by atoms with Crippen molar-refractivity contribution in [1.82, 2.24) is 10.2 Å². The van der Waals surface area contributed by atoms with Gasteiger partial charge in [-0.3, -0.25) is 4.79 Å². The Kier molecular flexibility index (Phi) is 3.82. The molecular formula is C16H15N3O3. The van der Waals surface area contributed by atoms with Crippen molar-refractivity contribution >= 4 is 17.6 Å². The quantitative estimate of drug-likeness (QED) is 0.876. The smallest absolute Gasteiger partial charge is 0.337 e. The molecule has 1 aliphatic rings. The maximum absolute atomic E-state index is 12.1. The molecule has 1 amide bonds. The van der Waals surface area contributed by atoms with Crippen LogP contribution in [0.5, 0.6) is 0 Å². The Morgan fingerprint density at radius 3 is 2.64 bits per heavy atom. The molecule has 0 unspecified atom stereocenters. The Bertz CT molecular complexity index is 709. The molecule has 6 heteroatoms. The highest BCUT2D eigenvalue weighted by Gasteiger charge is 2.25. The molecule has 1 aliphatic carbocycles. The number of benzene rings is 1. The van der Waals surface area contributed by atoms with E-state index in [1.165, 1.54) is 7.11 Å². The van der Waals surface area contributed by atoms with Crippen LogP contribution < -0.4 is 5.32 Å². The summed E-state index contributed by atoms with van der Waals surface area (Å²) in [5.74, 6) is -0.317. The zero-order valence-electron chi connectivity index (χ0n) is 12.1. The minimum absolute atomic E-state index is 0.243. The molecule has 0 spiro atoms. The molecule has 112 valence electrons. The van der Waals surface area contributed by atoms with Crippen LogP contribution in [0, 0.1) is 0 Å². The van der Waals surface area contributed by atoms with Crippen LogP contribution >= 0.6 is 0 Å². The third kappa shape index (κ3) is 3.11. The zero-order valence-corrected chi connectivity index (χ0v) is 12.1. The lowest BCUT2D eigenvalue weighted by atomic mass is 10.2. The Morgan fingerprint density at radius 1 is 1.18 bits per heavy atom. The van der Waals surface area contributed by atoms with E-state index < -0.39 is 5.97 Å². The first-order chi connectivity index (χ1) is 10.7. The number of hydrogen-bond acceptors (Lipinski definition) is 5. The molecule has 0 aliphatic heterocycles. The van der Waals surface area contributed by atoms with Crippen LogP contribution in [0.15, 0.2) is 36.4 Å². The number of ether oxygens (including phenoxy) is 1. The predicted octanol–water partition coefficient (Wildman–Crippen LogP) is 2.39. The minimum Gasteiger partial charge on any atom is -0.465 e. The molecule has 0 atom stereocenters. The zero-order chi connectivity index (χ0) is 15.5. The summed E-state index contributed by atoms with van der Waals surface area (Å²) in [6.45, 7) is 0. The van der Waals surface area contributed by atoms with Crippen molar-refractivity contribution < 1.29 is 14.3 Å². The summed E-state index contributed by atoms with van der Waals surface area (Å²) >= 11 is 0. The number of methoxy groups -OCH3 is 1. The maximum Gasteiger partial charge on any atom is 0.337 e. The first-order valence-electron chi connectivity index (χ1n) is 7.01. The number of hydrogen-bond donors (Lipinski definition) is 1. The van der Waals surface area contributed by atoms with E-state index in [0.717, 1.165) is 18.5 Å². The Morgan fingerprint density at radius 2 is 2.00 bits per heavy atom. The van der Waals surface area contributed by atoms with E-state index in [1.54, 1.807) is 30.3 Å². The number of amides is 1. The molecule has 1 aromatic heterocycles. The second-order valence-electron chi connectivity index (χ2n) is 5.14. The first kappa shape index (κ1) is 14.2. The number of carbonyl (C=O) groups excluding carboxylic acids is 2. The summed E-state index contributed by atoms with van der Waals surface area (Å²) in [6.07, 6.45) is 2.28. The molecule has 0 radical (unpaired) electrons. The topological polar surface area (TPSA) is 81.2 Å². The molecule has 3 rings (SSSR count). The van der Waals surface area contributed by atoms with Crippen molar-refractivity contribution in [1.29, 1.82) is 0 Å². The van der Waals surface area contributed by atoms with Gasteiger partial charge in [-0.05, 0) is 43.2 Å². The van der Waals surface area contributed by atoms with E-state index in [4.69, 9.17) is 0 Å². The third-order valence-corrected chi connectivity index (χ3v) is 3.45. The fourth-order valence-corrected chi connectivity index (χ4v) is 2.10. The van der Waals surface area contributed by atoms with Crippen LogP contribution in [-0.2, 0) is 4.74 Å². The van der Waals surface area contributed by atoms with Crippen LogP contribution in [0.2, 0.25) is 0 Å². The van der Waals surface area contributed by atoms with E-state index in [9.17, 15) is 9.59 Å². The molecule has 1 saturated carbocycles. The first-order valence-corrected chi connectivity index (χ1v) is 7.01. The van der Waals surface area contributed by atoms with Crippen LogP contribution in [0.4, 0.5) is 5.69 Å². The normalized spacial score (nSPS) is 13.5. The van der Waals surface area contributed by atoms with Crippen molar-refractivity contribution in [2.75, 3.05) is 12.4 Å². The summed E-state index contributed by atoms with van der Waals surface area (Å²) in [6, 6.07) is 10.0. The Balaban J connectivity index is 1.71. The van der Waals surface area contributed by atoms with E-state index in [-0.39, 0.29) is 11.6 Å². The number of aromatic nitrogens is 2. The van der Waals surface area contributed by atoms with Crippen molar-refractivity contribution in [2.24, 2.45) is 0 Å². The summed E-state index contributed by atoms with van der Waals surface area (Å²) in [4.78, 5) is 23.6. The third-order valence-electron chi connectivity index (χ3n) is 3.45. The fourth-order valence-electron chi connectivity index (χ4n) is 2.10. The maximum atomic E-state index is 12.1. The van der Waals surface area contributed by atoms with Gasteiger partial charge in [0, 0.05) is 11.6 Å². The summed E-state index contributed by atoms with van der Waals surface area (Å²) in [7, 11) is 1.31. The standard InChI is InChI=1S/C16H15N3O3/c1-22-16(21)11-3-2-4-12(9-11)17-15(20)14-8-7-13(18-19-14)10-5-6-10/h2-4,7-10H,5-6H2,1H3,(H,17,20). The fraction of sp³-hybridized carbons (Fsp3) is 0.250. The van der Waals surface area contributed by atoms with Crippen molar-refractivity contribution in [3.05, 3.63) is 53.3 Å². The molecule has 22 heavy (non-hydrogen) atoms. The van der Waals surface area contributed by atoms with Crippen LogP contribution in [-0.4, -0.2) is 29.2 Å². The summed E-state index contributed by atoms with van der Waals surface area (Å²) < 4.78 is 4.65. The SMILES string of the molecule is COC(=O)c1cccc(NC(=O)c2ccc(C3CC3)nn2)c1.